The zero-order valence-electron chi connectivity index (χ0n) is 8.18. The van der Waals surface area contributed by atoms with Crippen molar-refractivity contribution in [1.29, 1.82) is 0 Å². The second-order valence-electron chi connectivity index (χ2n) is 4.02. The van der Waals surface area contributed by atoms with Crippen molar-refractivity contribution in [2.75, 3.05) is 13.1 Å². The van der Waals surface area contributed by atoms with E-state index in [1.807, 2.05) is 0 Å². The molecule has 1 saturated carbocycles. The van der Waals surface area contributed by atoms with Crippen molar-refractivity contribution in [1.82, 2.24) is 4.90 Å². The lowest BCUT2D eigenvalue weighted by molar-refractivity contribution is -0.0609. The minimum Gasteiger partial charge on any atom is -0.357 e. The monoisotopic (exact) mass is 169 g/mol. The summed E-state index contributed by atoms with van der Waals surface area (Å²) in [6.45, 7) is 6.67. The van der Waals surface area contributed by atoms with Crippen molar-refractivity contribution < 1.29 is 4.74 Å². The molecule has 1 saturated heterocycles. The molecule has 0 bridgehead atoms. The summed E-state index contributed by atoms with van der Waals surface area (Å²) < 4.78 is 6.03. The molecule has 0 amide bonds. The Morgan fingerprint density at radius 3 is 2.33 bits per heavy atom. The van der Waals surface area contributed by atoms with Crippen LogP contribution in [0.2, 0.25) is 0 Å². The van der Waals surface area contributed by atoms with Crippen molar-refractivity contribution in [2.45, 2.75) is 51.4 Å². The second kappa shape index (κ2) is 3.00. The standard InChI is InChI=1S/C10H19NO/c1-3-11(4-2)9-5-6-10(12-9)7-8-10/h9H,3-8H2,1-2H3. The Labute approximate surface area is 74.9 Å². The van der Waals surface area contributed by atoms with Crippen LogP contribution in [-0.2, 0) is 4.74 Å². The fraction of sp³-hybridized carbons (Fsp3) is 1.00. The lowest BCUT2D eigenvalue weighted by Crippen LogP contribution is -2.35. The first-order valence-electron chi connectivity index (χ1n) is 5.21. The Hall–Kier alpha value is -0.0800. The predicted molar refractivity (Wildman–Crippen MR) is 49.0 cm³/mol. The Bertz CT molecular complexity index is 161. The fourth-order valence-electron chi connectivity index (χ4n) is 2.19. The molecule has 0 radical (unpaired) electrons. The van der Waals surface area contributed by atoms with Crippen LogP contribution in [0.5, 0.6) is 0 Å². The highest BCUT2D eigenvalue weighted by Gasteiger charge is 2.50. The van der Waals surface area contributed by atoms with E-state index in [2.05, 4.69) is 18.7 Å². The van der Waals surface area contributed by atoms with E-state index < -0.39 is 0 Å². The summed E-state index contributed by atoms with van der Waals surface area (Å²) >= 11 is 0. The van der Waals surface area contributed by atoms with Crippen molar-refractivity contribution >= 4 is 0 Å². The summed E-state index contributed by atoms with van der Waals surface area (Å²) in [6, 6.07) is 0. The van der Waals surface area contributed by atoms with Gasteiger partial charge in [-0.25, -0.2) is 0 Å². The van der Waals surface area contributed by atoms with Crippen LogP contribution in [0.3, 0.4) is 0 Å². The molecule has 1 unspecified atom stereocenters. The molecule has 0 aromatic heterocycles. The van der Waals surface area contributed by atoms with Gasteiger partial charge in [-0.15, -0.1) is 0 Å². The summed E-state index contributed by atoms with van der Waals surface area (Å²) in [7, 11) is 0. The van der Waals surface area contributed by atoms with E-state index in [1.165, 1.54) is 25.7 Å². The Morgan fingerprint density at radius 2 is 1.92 bits per heavy atom. The molecule has 2 aliphatic rings. The van der Waals surface area contributed by atoms with E-state index in [9.17, 15) is 0 Å². The van der Waals surface area contributed by atoms with Crippen molar-refractivity contribution in [2.24, 2.45) is 0 Å². The Morgan fingerprint density at radius 1 is 1.25 bits per heavy atom. The van der Waals surface area contributed by atoms with E-state index in [0.717, 1.165) is 13.1 Å². The van der Waals surface area contributed by atoms with E-state index in [0.29, 0.717) is 11.8 Å². The molecule has 1 aliphatic heterocycles. The molecule has 2 fully saturated rings. The SMILES string of the molecule is CCN(CC)C1CCC2(CC2)O1. The summed E-state index contributed by atoms with van der Waals surface area (Å²) in [5, 5.41) is 0. The summed E-state index contributed by atoms with van der Waals surface area (Å²) in [4.78, 5) is 2.42. The fourth-order valence-corrected chi connectivity index (χ4v) is 2.19. The van der Waals surface area contributed by atoms with Crippen molar-refractivity contribution in [3.05, 3.63) is 0 Å². The molecular formula is C10H19NO. The van der Waals surface area contributed by atoms with Gasteiger partial charge in [-0.1, -0.05) is 13.8 Å². The van der Waals surface area contributed by atoms with Crippen molar-refractivity contribution in [3.8, 4) is 0 Å². The first-order chi connectivity index (χ1) is 5.79. The lowest BCUT2D eigenvalue weighted by atomic mass is 10.2. The van der Waals surface area contributed by atoms with E-state index >= 15 is 0 Å². The van der Waals surface area contributed by atoms with E-state index in [4.69, 9.17) is 4.74 Å². The van der Waals surface area contributed by atoms with Gasteiger partial charge in [-0.3, -0.25) is 4.90 Å². The van der Waals surface area contributed by atoms with E-state index in [1.54, 1.807) is 0 Å². The van der Waals surface area contributed by atoms with Crippen LogP contribution in [-0.4, -0.2) is 29.8 Å². The van der Waals surface area contributed by atoms with Gasteiger partial charge in [-0.05, 0) is 38.8 Å². The van der Waals surface area contributed by atoms with Crippen LogP contribution in [0.25, 0.3) is 0 Å². The highest BCUT2D eigenvalue weighted by Crippen LogP contribution is 2.49. The first-order valence-corrected chi connectivity index (χ1v) is 5.21. The number of ether oxygens (including phenoxy) is 1. The number of hydrogen-bond acceptors (Lipinski definition) is 2. The van der Waals surface area contributed by atoms with Gasteiger partial charge in [0, 0.05) is 0 Å². The third-order valence-corrected chi connectivity index (χ3v) is 3.26. The quantitative estimate of drug-likeness (QED) is 0.640. The number of hydrogen-bond donors (Lipinski definition) is 0. The zero-order valence-corrected chi connectivity index (χ0v) is 8.18. The molecule has 0 N–H and O–H groups in total. The molecule has 70 valence electrons. The van der Waals surface area contributed by atoms with Gasteiger partial charge < -0.3 is 4.74 Å². The summed E-state index contributed by atoms with van der Waals surface area (Å²) in [5.74, 6) is 0. The summed E-state index contributed by atoms with van der Waals surface area (Å²) in [6.07, 6.45) is 5.60. The molecule has 0 aromatic carbocycles. The maximum absolute atomic E-state index is 6.03. The second-order valence-corrected chi connectivity index (χ2v) is 4.02. The Kier molecular flexibility index (Phi) is 2.13. The molecule has 2 rings (SSSR count). The third-order valence-electron chi connectivity index (χ3n) is 3.26. The maximum atomic E-state index is 6.03. The molecule has 1 spiro atoms. The highest BCUT2D eigenvalue weighted by molar-refractivity contribution is 5.00. The van der Waals surface area contributed by atoms with Crippen LogP contribution >= 0.6 is 0 Å². The van der Waals surface area contributed by atoms with Gasteiger partial charge >= 0.3 is 0 Å². The molecule has 1 heterocycles. The molecule has 1 atom stereocenters. The van der Waals surface area contributed by atoms with Crippen LogP contribution < -0.4 is 0 Å². The average molecular weight is 169 g/mol. The molecule has 12 heavy (non-hydrogen) atoms. The van der Waals surface area contributed by atoms with Gasteiger partial charge in [0.1, 0.15) is 6.23 Å². The molecule has 2 heteroatoms. The van der Waals surface area contributed by atoms with E-state index in [-0.39, 0.29) is 0 Å². The predicted octanol–water partition coefficient (Wildman–Crippen LogP) is 2.00. The van der Waals surface area contributed by atoms with Gasteiger partial charge in [0.15, 0.2) is 0 Å². The lowest BCUT2D eigenvalue weighted by Gasteiger charge is -2.25. The molecular weight excluding hydrogens is 150 g/mol. The van der Waals surface area contributed by atoms with Crippen molar-refractivity contribution in [3.63, 3.8) is 0 Å². The average Bonchev–Trinajstić information content (AvgIpc) is 2.69. The third kappa shape index (κ3) is 1.38. The molecule has 1 aliphatic carbocycles. The van der Waals surface area contributed by atoms with Crippen LogP contribution in [0.15, 0.2) is 0 Å². The van der Waals surface area contributed by atoms with Gasteiger partial charge in [-0.2, -0.15) is 0 Å². The van der Waals surface area contributed by atoms with Gasteiger partial charge in [0.25, 0.3) is 0 Å². The van der Waals surface area contributed by atoms with Crippen LogP contribution in [0.4, 0.5) is 0 Å². The number of rotatable bonds is 3. The van der Waals surface area contributed by atoms with Gasteiger partial charge in [0.05, 0.1) is 5.60 Å². The van der Waals surface area contributed by atoms with Gasteiger partial charge in [0.2, 0.25) is 0 Å². The van der Waals surface area contributed by atoms with Crippen LogP contribution in [0, 0.1) is 0 Å². The number of nitrogens with zero attached hydrogens (tertiary/aromatic N) is 1. The normalized spacial score (nSPS) is 31.8. The van der Waals surface area contributed by atoms with Crippen LogP contribution in [0.1, 0.15) is 39.5 Å². The maximum Gasteiger partial charge on any atom is 0.111 e. The molecule has 2 nitrogen and oxygen atoms in total. The largest absolute Gasteiger partial charge is 0.357 e. The zero-order chi connectivity index (χ0) is 8.60. The minimum atomic E-state index is 0.354. The smallest absolute Gasteiger partial charge is 0.111 e. The minimum absolute atomic E-state index is 0.354. The Balaban J connectivity index is 1.89. The highest BCUT2D eigenvalue weighted by atomic mass is 16.5. The summed E-state index contributed by atoms with van der Waals surface area (Å²) in [5.41, 5.74) is 0.354. The first kappa shape index (κ1) is 8.52. The topological polar surface area (TPSA) is 12.5 Å². The molecule has 0 aromatic rings.